The summed E-state index contributed by atoms with van der Waals surface area (Å²) in [7, 11) is 0. The van der Waals surface area contributed by atoms with Crippen LogP contribution in [0.25, 0.3) is 0 Å². The van der Waals surface area contributed by atoms with Gasteiger partial charge < -0.3 is 10.2 Å². The summed E-state index contributed by atoms with van der Waals surface area (Å²) in [5.74, 6) is 1.02. The van der Waals surface area contributed by atoms with Gasteiger partial charge in [0, 0.05) is 31.0 Å². The first kappa shape index (κ1) is 15.7. The van der Waals surface area contributed by atoms with Crippen molar-refractivity contribution in [1.29, 1.82) is 0 Å². The van der Waals surface area contributed by atoms with Gasteiger partial charge in [0.25, 0.3) is 0 Å². The molecule has 1 N–H and O–H groups in total. The van der Waals surface area contributed by atoms with Crippen molar-refractivity contribution in [1.82, 2.24) is 9.97 Å². The Labute approximate surface area is 136 Å². The number of nitrogens with one attached hydrogen (secondary N) is 1. The Morgan fingerprint density at radius 1 is 1.17 bits per heavy atom. The van der Waals surface area contributed by atoms with E-state index >= 15 is 0 Å². The minimum absolute atomic E-state index is 0.144. The summed E-state index contributed by atoms with van der Waals surface area (Å²) in [5.41, 5.74) is 3.87. The molecule has 2 aromatic rings. The summed E-state index contributed by atoms with van der Waals surface area (Å²) in [6.07, 6.45) is 1.05. The SMILES string of the molecule is Cc1nc(NCC2CCN(c3ccccc3F)C2)nc(C)c1C. The molecule has 5 heteroatoms. The van der Waals surface area contributed by atoms with Gasteiger partial charge >= 0.3 is 0 Å². The van der Waals surface area contributed by atoms with Gasteiger partial charge in [0.2, 0.25) is 5.95 Å². The number of nitrogens with zero attached hydrogens (tertiary/aromatic N) is 3. The second-order valence-corrected chi connectivity index (χ2v) is 6.28. The van der Waals surface area contributed by atoms with E-state index in [-0.39, 0.29) is 5.82 Å². The van der Waals surface area contributed by atoms with Crippen LogP contribution in [-0.2, 0) is 0 Å². The molecule has 0 aliphatic carbocycles. The van der Waals surface area contributed by atoms with Crippen LogP contribution in [0.1, 0.15) is 23.4 Å². The number of benzene rings is 1. The lowest BCUT2D eigenvalue weighted by Crippen LogP contribution is -2.23. The molecule has 0 spiro atoms. The number of aromatic nitrogens is 2. The van der Waals surface area contributed by atoms with Crippen LogP contribution in [-0.4, -0.2) is 29.6 Å². The molecule has 0 radical (unpaired) electrons. The monoisotopic (exact) mass is 314 g/mol. The van der Waals surface area contributed by atoms with E-state index in [1.807, 2.05) is 32.9 Å². The molecule has 2 heterocycles. The summed E-state index contributed by atoms with van der Waals surface area (Å²) < 4.78 is 13.9. The zero-order valence-electron chi connectivity index (χ0n) is 13.9. The van der Waals surface area contributed by atoms with Crippen LogP contribution in [0, 0.1) is 32.5 Å². The zero-order valence-corrected chi connectivity index (χ0v) is 13.9. The van der Waals surface area contributed by atoms with E-state index in [4.69, 9.17) is 0 Å². The van der Waals surface area contributed by atoms with Gasteiger partial charge in [-0.15, -0.1) is 0 Å². The summed E-state index contributed by atoms with van der Waals surface area (Å²) in [6, 6.07) is 6.98. The van der Waals surface area contributed by atoms with Crippen molar-refractivity contribution < 1.29 is 4.39 Å². The van der Waals surface area contributed by atoms with Gasteiger partial charge in [-0.3, -0.25) is 0 Å². The van der Waals surface area contributed by atoms with Crippen LogP contribution in [0.3, 0.4) is 0 Å². The first-order chi connectivity index (χ1) is 11.0. The average Bonchev–Trinajstić information content (AvgIpc) is 2.99. The summed E-state index contributed by atoms with van der Waals surface area (Å²) >= 11 is 0. The van der Waals surface area contributed by atoms with Crippen molar-refractivity contribution in [2.45, 2.75) is 27.2 Å². The standard InChI is InChI=1S/C18H23FN4/c1-12-13(2)21-18(22-14(12)3)20-10-15-8-9-23(11-15)17-7-5-4-6-16(17)19/h4-7,15H,8-11H2,1-3H3,(H,20,21,22). The molecule has 0 bridgehead atoms. The van der Waals surface area contributed by atoms with Crippen LogP contribution in [0.5, 0.6) is 0 Å². The number of rotatable bonds is 4. The Morgan fingerprint density at radius 2 is 1.87 bits per heavy atom. The van der Waals surface area contributed by atoms with Crippen molar-refractivity contribution in [2.75, 3.05) is 29.9 Å². The molecule has 1 saturated heterocycles. The van der Waals surface area contributed by atoms with Crippen molar-refractivity contribution >= 4 is 11.6 Å². The normalized spacial score (nSPS) is 17.6. The van der Waals surface area contributed by atoms with E-state index in [1.165, 1.54) is 6.07 Å². The predicted molar refractivity (Wildman–Crippen MR) is 91.5 cm³/mol. The van der Waals surface area contributed by atoms with E-state index in [0.29, 0.717) is 17.6 Å². The fourth-order valence-electron chi connectivity index (χ4n) is 3.01. The van der Waals surface area contributed by atoms with E-state index < -0.39 is 0 Å². The maximum absolute atomic E-state index is 13.9. The van der Waals surface area contributed by atoms with Gasteiger partial charge in [-0.05, 0) is 50.8 Å². The topological polar surface area (TPSA) is 41.1 Å². The van der Waals surface area contributed by atoms with Crippen LogP contribution < -0.4 is 10.2 Å². The molecule has 1 aromatic heterocycles. The molecule has 1 aliphatic heterocycles. The lowest BCUT2D eigenvalue weighted by atomic mass is 10.1. The number of anilines is 2. The van der Waals surface area contributed by atoms with Gasteiger partial charge in [-0.1, -0.05) is 12.1 Å². The quantitative estimate of drug-likeness (QED) is 0.938. The Balaban J connectivity index is 1.60. The van der Waals surface area contributed by atoms with Gasteiger partial charge in [0.1, 0.15) is 5.82 Å². The molecule has 1 aromatic carbocycles. The fraction of sp³-hybridized carbons (Fsp3) is 0.444. The highest BCUT2D eigenvalue weighted by atomic mass is 19.1. The van der Waals surface area contributed by atoms with Crippen LogP contribution in [0.15, 0.2) is 24.3 Å². The number of para-hydroxylation sites is 1. The van der Waals surface area contributed by atoms with E-state index in [1.54, 1.807) is 6.07 Å². The molecular weight excluding hydrogens is 291 g/mol. The molecule has 1 unspecified atom stereocenters. The average molecular weight is 314 g/mol. The number of hydrogen-bond donors (Lipinski definition) is 1. The molecule has 0 amide bonds. The van der Waals surface area contributed by atoms with E-state index in [2.05, 4.69) is 20.2 Å². The molecule has 1 fully saturated rings. The minimum atomic E-state index is -0.144. The highest BCUT2D eigenvalue weighted by molar-refractivity contribution is 5.48. The Morgan fingerprint density at radius 3 is 2.57 bits per heavy atom. The van der Waals surface area contributed by atoms with Gasteiger partial charge in [-0.25, -0.2) is 14.4 Å². The van der Waals surface area contributed by atoms with E-state index in [0.717, 1.165) is 43.0 Å². The first-order valence-electron chi connectivity index (χ1n) is 8.10. The number of halogens is 1. The van der Waals surface area contributed by atoms with Crippen molar-refractivity contribution in [3.8, 4) is 0 Å². The molecule has 23 heavy (non-hydrogen) atoms. The third-order valence-corrected chi connectivity index (χ3v) is 4.66. The lowest BCUT2D eigenvalue weighted by Gasteiger charge is -2.19. The molecule has 122 valence electrons. The maximum Gasteiger partial charge on any atom is 0.223 e. The second-order valence-electron chi connectivity index (χ2n) is 6.28. The molecule has 1 aliphatic rings. The highest BCUT2D eigenvalue weighted by Gasteiger charge is 2.24. The van der Waals surface area contributed by atoms with Gasteiger partial charge in [0.05, 0.1) is 5.69 Å². The zero-order chi connectivity index (χ0) is 16.4. The molecule has 3 rings (SSSR count). The Bertz CT molecular complexity index is 678. The van der Waals surface area contributed by atoms with Crippen LogP contribution >= 0.6 is 0 Å². The van der Waals surface area contributed by atoms with Gasteiger partial charge in [-0.2, -0.15) is 0 Å². The Hall–Kier alpha value is -2.17. The van der Waals surface area contributed by atoms with Crippen molar-refractivity contribution in [3.63, 3.8) is 0 Å². The second kappa shape index (κ2) is 6.52. The number of aryl methyl sites for hydroxylation is 2. The minimum Gasteiger partial charge on any atom is -0.369 e. The summed E-state index contributed by atoms with van der Waals surface area (Å²) in [5, 5.41) is 3.34. The maximum atomic E-state index is 13.9. The largest absolute Gasteiger partial charge is 0.369 e. The molecule has 0 saturated carbocycles. The van der Waals surface area contributed by atoms with Crippen LogP contribution in [0.4, 0.5) is 16.0 Å². The third-order valence-electron chi connectivity index (χ3n) is 4.66. The van der Waals surface area contributed by atoms with Crippen molar-refractivity contribution in [3.05, 3.63) is 47.0 Å². The molecule has 4 nitrogen and oxygen atoms in total. The third kappa shape index (κ3) is 3.44. The van der Waals surface area contributed by atoms with E-state index in [9.17, 15) is 4.39 Å². The highest BCUT2D eigenvalue weighted by Crippen LogP contribution is 2.26. The van der Waals surface area contributed by atoms with Crippen molar-refractivity contribution in [2.24, 2.45) is 5.92 Å². The smallest absolute Gasteiger partial charge is 0.223 e. The van der Waals surface area contributed by atoms with Crippen LogP contribution in [0.2, 0.25) is 0 Å². The summed E-state index contributed by atoms with van der Waals surface area (Å²) in [4.78, 5) is 11.1. The fourth-order valence-corrected chi connectivity index (χ4v) is 3.01. The van der Waals surface area contributed by atoms with Gasteiger partial charge in [0.15, 0.2) is 0 Å². The summed E-state index contributed by atoms with van der Waals surface area (Å²) in [6.45, 7) is 8.61. The first-order valence-corrected chi connectivity index (χ1v) is 8.10. The lowest BCUT2D eigenvalue weighted by molar-refractivity contribution is 0.609. The molecule has 1 atom stereocenters. The Kier molecular flexibility index (Phi) is 4.46. The molecular formula is C18H23FN4. The predicted octanol–water partition coefficient (Wildman–Crippen LogP) is 3.48. The number of hydrogen-bond acceptors (Lipinski definition) is 4.